The van der Waals surface area contributed by atoms with Crippen LogP contribution in [0.1, 0.15) is 30.7 Å². The van der Waals surface area contributed by atoms with Crippen molar-refractivity contribution in [1.29, 1.82) is 0 Å². The van der Waals surface area contributed by atoms with E-state index in [-0.39, 0.29) is 0 Å². The van der Waals surface area contributed by atoms with Crippen LogP contribution in [0.5, 0.6) is 0 Å². The molecule has 1 aromatic heterocycles. The van der Waals surface area contributed by atoms with Gasteiger partial charge in [0.15, 0.2) is 0 Å². The Labute approximate surface area is 148 Å². The summed E-state index contributed by atoms with van der Waals surface area (Å²) in [5.74, 6) is 0. The summed E-state index contributed by atoms with van der Waals surface area (Å²) < 4.78 is 0. The molecule has 5 heteroatoms. The molecule has 0 saturated heterocycles. The molecular weight excluding hydrogens is 312 g/mol. The first-order valence-corrected chi connectivity index (χ1v) is 8.71. The summed E-state index contributed by atoms with van der Waals surface area (Å²) in [6, 6.07) is 19.8. The number of aliphatic hydroxyl groups is 1. The third-order valence-corrected chi connectivity index (χ3v) is 4.01. The molecule has 1 heterocycles. The van der Waals surface area contributed by atoms with Gasteiger partial charge in [-0.1, -0.05) is 67.6 Å². The van der Waals surface area contributed by atoms with E-state index >= 15 is 0 Å². The van der Waals surface area contributed by atoms with Gasteiger partial charge in [-0.2, -0.15) is 15.0 Å². The first-order chi connectivity index (χ1) is 12.3. The third kappa shape index (κ3) is 4.53. The second-order valence-corrected chi connectivity index (χ2v) is 6.01. The average Bonchev–Trinajstić information content (AvgIpc) is 3.06. The fourth-order valence-electron chi connectivity index (χ4n) is 2.74. The molecule has 130 valence electrons. The number of hydrogen-bond donors (Lipinski definition) is 2. The molecule has 2 aromatic carbocycles. The van der Waals surface area contributed by atoms with Crippen LogP contribution in [0.2, 0.25) is 0 Å². The third-order valence-electron chi connectivity index (χ3n) is 4.01. The minimum absolute atomic E-state index is 0.471. The fourth-order valence-corrected chi connectivity index (χ4v) is 2.74. The largest absolute Gasteiger partial charge is 0.387 e. The molecule has 0 amide bonds. The molecule has 0 bridgehead atoms. The van der Waals surface area contributed by atoms with Gasteiger partial charge >= 0.3 is 0 Å². The maximum absolute atomic E-state index is 10.3. The molecule has 25 heavy (non-hydrogen) atoms. The lowest BCUT2D eigenvalue weighted by molar-refractivity contribution is 0.174. The predicted octanol–water partition coefficient (Wildman–Crippen LogP) is 3.18. The zero-order valence-electron chi connectivity index (χ0n) is 14.5. The minimum atomic E-state index is -0.535. The number of aromatic nitrogens is 3. The van der Waals surface area contributed by atoms with Crippen LogP contribution >= 0.6 is 0 Å². The summed E-state index contributed by atoms with van der Waals surface area (Å²) in [6.07, 6.45) is 0.453. The highest BCUT2D eigenvalue weighted by atomic mass is 16.3. The van der Waals surface area contributed by atoms with Crippen molar-refractivity contribution in [2.75, 3.05) is 6.54 Å². The Kier molecular flexibility index (Phi) is 5.93. The molecule has 0 unspecified atom stereocenters. The number of aliphatic hydroxyl groups excluding tert-OH is 1. The lowest BCUT2D eigenvalue weighted by Crippen LogP contribution is -2.21. The Bertz CT molecular complexity index is 771. The van der Waals surface area contributed by atoms with Gasteiger partial charge in [0.1, 0.15) is 11.4 Å². The summed E-state index contributed by atoms with van der Waals surface area (Å²) in [7, 11) is 0. The highest BCUT2D eigenvalue weighted by molar-refractivity contribution is 5.60. The van der Waals surface area contributed by atoms with E-state index < -0.39 is 6.10 Å². The maximum Gasteiger partial charge on any atom is 0.117 e. The Hall–Kier alpha value is -2.50. The number of benzene rings is 2. The van der Waals surface area contributed by atoms with Crippen LogP contribution in [-0.4, -0.2) is 26.6 Å². The molecule has 3 aromatic rings. The van der Waals surface area contributed by atoms with Gasteiger partial charge in [0.2, 0.25) is 0 Å². The van der Waals surface area contributed by atoms with E-state index in [0.717, 1.165) is 35.5 Å². The van der Waals surface area contributed by atoms with Crippen LogP contribution in [0.25, 0.3) is 11.3 Å². The van der Waals surface area contributed by atoms with E-state index in [9.17, 15) is 5.11 Å². The molecule has 0 saturated carbocycles. The number of nitrogens with one attached hydrogen (secondary N) is 1. The van der Waals surface area contributed by atoms with Gasteiger partial charge < -0.3 is 10.4 Å². The summed E-state index contributed by atoms with van der Waals surface area (Å²) in [5, 5.41) is 22.8. The number of nitrogens with zero attached hydrogens (tertiary/aromatic N) is 3. The van der Waals surface area contributed by atoms with E-state index in [1.165, 1.54) is 0 Å². The topological polar surface area (TPSA) is 63.0 Å². The van der Waals surface area contributed by atoms with Gasteiger partial charge in [0, 0.05) is 18.7 Å². The second-order valence-electron chi connectivity index (χ2n) is 6.01. The van der Waals surface area contributed by atoms with Crippen LogP contribution < -0.4 is 5.32 Å². The van der Waals surface area contributed by atoms with Crippen molar-refractivity contribution in [1.82, 2.24) is 20.3 Å². The highest BCUT2D eigenvalue weighted by Crippen LogP contribution is 2.20. The Balaban J connectivity index is 1.69. The second kappa shape index (κ2) is 8.55. The standard InChI is InChI=1S/C20H24N4O/c1-2-13-24-22-18(20(23-24)17-11-7-4-8-12-17)14-21-15-19(25)16-9-5-3-6-10-16/h3-12,19,21,25H,2,13-15H2,1H3/t19-/m1/s1. The summed E-state index contributed by atoms with van der Waals surface area (Å²) in [6.45, 7) is 3.95. The molecule has 5 nitrogen and oxygen atoms in total. The van der Waals surface area contributed by atoms with Gasteiger partial charge in [0.05, 0.1) is 12.6 Å². The van der Waals surface area contributed by atoms with Crippen LogP contribution in [-0.2, 0) is 13.1 Å². The Morgan fingerprint density at radius 1 is 1.00 bits per heavy atom. The number of aryl methyl sites for hydroxylation is 1. The molecule has 0 spiro atoms. The molecule has 0 aliphatic heterocycles. The van der Waals surface area contributed by atoms with Gasteiger partial charge in [-0.3, -0.25) is 0 Å². The molecule has 3 rings (SSSR count). The zero-order chi connectivity index (χ0) is 17.5. The monoisotopic (exact) mass is 336 g/mol. The smallest absolute Gasteiger partial charge is 0.117 e. The summed E-state index contributed by atoms with van der Waals surface area (Å²) >= 11 is 0. The van der Waals surface area contributed by atoms with E-state index in [0.29, 0.717) is 13.1 Å². The van der Waals surface area contributed by atoms with Crippen molar-refractivity contribution < 1.29 is 5.11 Å². The van der Waals surface area contributed by atoms with Crippen LogP contribution in [0.4, 0.5) is 0 Å². The number of rotatable bonds is 8. The molecule has 0 aliphatic carbocycles. The van der Waals surface area contributed by atoms with Crippen LogP contribution in [0.15, 0.2) is 60.7 Å². The van der Waals surface area contributed by atoms with Gasteiger partial charge in [-0.25, -0.2) is 0 Å². The summed E-state index contributed by atoms with van der Waals surface area (Å²) in [5.41, 5.74) is 3.77. The normalized spacial score (nSPS) is 12.2. The SMILES string of the molecule is CCCn1nc(CNC[C@@H](O)c2ccccc2)c(-c2ccccc2)n1. The van der Waals surface area contributed by atoms with E-state index in [4.69, 9.17) is 0 Å². The highest BCUT2D eigenvalue weighted by Gasteiger charge is 2.13. The first-order valence-electron chi connectivity index (χ1n) is 8.71. The molecule has 0 aliphatic rings. The minimum Gasteiger partial charge on any atom is -0.387 e. The van der Waals surface area contributed by atoms with Crippen molar-refractivity contribution in [2.45, 2.75) is 32.5 Å². The van der Waals surface area contributed by atoms with Gasteiger partial charge in [0.25, 0.3) is 0 Å². The molecule has 1 atom stereocenters. The lowest BCUT2D eigenvalue weighted by atomic mass is 10.1. The Morgan fingerprint density at radius 2 is 1.68 bits per heavy atom. The van der Waals surface area contributed by atoms with Crippen molar-refractivity contribution in [3.8, 4) is 11.3 Å². The van der Waals surface area contributed by atoms with Crippen molar-refractivity contribution in [2.24, 2.45) is 0 Å². The molecule has 0 radical (unpaired) electrons. The quantitative estimate of drug-likeness (QED) is 0.663. The van der Waals surface area contributed by atoms with Crippen LogP contribution in [0, 0.1) is 0 Å². The number of hydrogen-bond acceptors (Lipinski definition) is 4. The molecular formula is C20H24N4O. The molecule has 0 fully saturated rings. The maximum atomic E-state index is 10.3. The average molecular weight is 336 g/mol. The van der Waals surface area contributed by atoms with Crippen molar-refractivity contribution in [3.63, 3.8) is 0 Å². The van der Waals surface area contributed by atoms with E-state index in [1.54, 1.807) is 4.80 Å². The predicted molar refractivity (Wildman–Crippen MR) is 98.9 cm³/mol. The Morgan fingerprint density at radius 3 is 2.36 bits per heavy atom. The van der Waals surface area contributed by atoms with Crippen molar-refractivity contribution in [3.05, 3.63) is 71.9 Å². The zero-order valence-corrected chi connectivity index (χ0v) is 14.5. The summed E-state index contributed by atoms with van der Waals surface area (Å²) in [4.78, 5) is 1.76. The first kappa shape index (κ1) is 17.3. The van der Waals surface area contributed by atoms with Crippen molar-refractivity contribution >= 4 is 0 Å². The van der Waals surface area contributed by atoms with E-state index in [1.807, 2.05) is 60.7 Å². The lowest BCUT2D eigenvalue weighted by Gasteiger charge is -2.11. The molecule has 2 N–H and O–H groups in total. The van der Waals surface area contributed by atoms with Gasteiger partial charge in [-0.15, -0.1) is 0 Å². The van der Waals surface area contributed by atoms with Crippen LogP contribution in [0.3, 0.4) is 0 Å². The fraction of sp³-hybridized carbons (Fsp3) is 0.300. The van der Waals surface area contributed by atoms with Gasteiger partial charge in [-0.05, 0) is 12.0 Å². The van der Waals surface area contributed by atoms with E-state index in [2.05, 4.69) is 22.4 Å².